The molecule has 0 aliphatic carbocycles. The SMILES string of the molecule is Cc1ccc(C)c(OC[C@H](O)C[NH3+])c1. The Morgan fingerprint density at radius 3 is 2.79 bits per heavy atom. The second kappa shape index (κ2) is 4.98. The zero-order valence-electron chi connectivity index (χ0n) is 8.79. The summed E-state index contributed by atoms with van der Waals surface area (Å²) in [5.41, 5.74) is 5.86. The number of benzene rings is 1. The van der Waals surface area contributed by atoms with Crippen molar-refractivity contribution in [3.63, 3.8) is 0 Å². The average molecular weight is 196 g/mol. The third-order valence-corrected chi connectivity index (χ3v) is 2.11. The molecule has 0 unspecified atom stereocenters. The normalized spacial score (nSPS) is 12.6. The summed E-state index contributed by atoms with van der Waals surface area (Å²) in [6, 6.07) is 6.03. The number of hydrogen-bond acceptors (Lipinski definition) is 2. The molecule has 0 aliphatic heterocycles. The molecule has 0 fully saturated rings. The minimum atomic E-state index is -0.477. The predicted octanol–water partition coefficient (Wildman–Crippen LogP) is 0.285. The first-order chi connectivity index (χ1) is 6.63. The lowest BCUT2D eigenvalue weighted by molar-refractivity contribution is -0.384. The van der Waals surface area contributed by atoms with Crippen LogP contribution in [0.15, 0.2) is 18.2 Å². The molecule has 1 aromatic rings. The zero-order valence-corrected chi connectivity index (χ0v) is 8.79. The molecule has 0 aliphatic rings. The Morgan fingerprint density at radius 2 is 2.14 bits per heavy atom. The lowest BCUT2D eigenvalue weighted by atomic mass is 10.1. The van der Waals surface area contributed by atoms with Crippen molar-refractivity contribution in [2.75, 3.05) is 13.2 Å². The minimum Gasteiger partial charge on any atom is -0.490 e. The van der Waals surface area contributed by atoms with Crippen LogP contribution in [0.5, 0.6) is 5.75 Å². The highest BCUT2D eigenvalue weighted by Gasteiger charge is 2.05. The molecule has 3 nitrogen and oxygen atoms in total. The molecule has 0 amide bonds. The Hall–Kier alpha value is -1.06. The molecule has 0 aromatic heterocycles. The Labute approximate surface area is 84.5 Å². The van der Waals surface area contributed by atoms with E-state index in [4.69, 9.17) is 4.74 Å². The van der Waals surface area contributed by atoms with E-state index in [0.717, 1.165) is 16.9 Å². The van der Waals surface area contributed by atoms with Crippen molar-refractivity contribution in [2.24, 2.45) is 0 Å². The lowest BCUT2D eigenvalue weighted by Gasteiger charge is -2.11. The Kier molecular flexibility index (Phi) is 3.92. The number of ether oxygens (including phenoxy) is 1. The van der Waals surface area contributed by atoms with Crippen molar-refractivity contribution < 1.29 is 15.6 Å². The summed E-state index contributed by atoms with van der Waals surface area (Å²) < 4.78 is 5.48. The van der Waals surface area contributed by atoms with Gasteiger partial charge in [-0.1, -0.05) is 12.1 Å². The minimum absolute atomic E-state index is 0.313. The van der Waals surface area contributed by atoms with Gasteiger partial charge in [0.15, 0.2) is 0 Å². The molecular weight excluding hydrogens is 178 g/mol. The summed E-state index contributed by atoms with van der Waals surface area (Å²) in [5.74, 6) is 0.845. The summed E-state index contributed by atoms with van der Waals surface area (Å²) in [4.78, 5) is 0. The molecule has 0 bridgehead atoms. The topological polar surface area (TPSA) is 57.1 Å². The number of rotatable bonds is 4. The predicted molar refractivity (Wildman–Crippen MR) is 55.2 cm³/mol. The lowest BCUT2D eigenvalue weighted by Crippen LogP contribution is -2.56. The van der Waals surface area contributed by atoms with Gasteiger partial charge < -0.3 is 15.6 Å². The molecular formula is C11H18NO2+. The fourth-order valence-corrected chi connectivity index (χ4v) is 1.13. The second-order valence-electron chi connectivity index (χ2n) is 3.52. The summed E-state index contributed by atoms with van der Waals surface area (Å²) in [6.45, 7) is 4.80. The second-order valence-corrected chi connectivity index (χ2v) is 3.52. The summed E-state index contributed by atoms with van der Waals surface area (Å²) in [5, 5.41) is 9.29. The molecule has 0 saturated carbocycles. The Morgan fingerprint density at radius 1 is 1.43 bits per heavy atom. The van der Waals surface area contributed by atoms with Crippen molar-refractivity contribution in [1.29, 1.82) is 0 Å². The maximum atomic E-state index is 9.29. The van der Waals surface area contributed by atoms with E-state index < -0.39 is 6.10 Å². The van der Waals surface area contributed by atoms with Gasteiger partial charge in [0.2, 0.25) is 0 Å². The maximum absolute atomic E-state index is 9.29. The molecule has 14 heavy (non-hydrogen) atoms. The largest absolute Gasteiger partial charge is 0.490 e. The molecule has 0 heterocycles. The van der Waals surface area contributed by atoms with Crippen LogP contribution < -0.4 is 10.5 Å². The van der Waals surface area contributed by atoms with E-state index in [-0.39, 0.29) is 0 Å². The number of aliphatic hydroxyl groups excluding tert-OH is 1. The van der Waals surface area contributed by atoms with Gasteiger partial charge in [-0.05, 0) is 31.0 Å². The fourth-order valence-electron chi connectivity index (χ4n) is 1.13. The van der Waals surface area contributed by atoms with Gasteiger partial charge in [0.05, 0.1) is 0 Å². The monoisotopic (exact) mass is 196 g/mol. The summed E-state index contributed by atoms with van der Waals surface area (Å²) in [6.07, 6.45) is -0.477. The molecule has 78 valence electrons. The molecule has 0 radical (unpaired) electrons. The van der Waals surface area contributed by atoms with Crippen LogP contribution in [0.1, 0.15) is 11.1 Å². The van der Waals surface area contributed by atoms with Crippen molar-refractivity contribution in [3.05, 3.63) is 29.3 Å². The Bertz CT molecular complexity index is 299. The standard InChI is InChI=1S/C11H17NO2/c1-8-3-4-9(2)11(5-8)14-7-10(13)6-12/h3-5,10,13H,6-7,12H2,1-2H3/p+1/t10-/m1/s1. The summed E-state index contributed by atoms with van der Waals surface area (Å²) in [7, 11) is 0. The smallest absolute Gasteiger partial charge is 0.136 e. The Balaban J connectivity index is 2.62. The third kappa shape index (κ3) is 3.01. The molecule has 3 heteroatoms. The quantitative estimate of drug-likeness (QED) is 0.727. The van der Waals surface area contributed by atoms with Gasteiger partial charge in [-0.15, -0.1) is 0 Å². The number of hydrogen-bond donors (Lipinski definition) is 2. The summed E-state index contributed by atoms with van der Waals surface area (Å²) >= 11 is 0. The van der Waals surface area contributed by atoms with Crippen LogP contribution in [0.4, 0.5) is 0 Å². The van der Waals surface area contributed by atoms with Crippen LogP contribution >= 0.6 is 0 Å². The first-order valence-electron chi connectivity index (χ1n) is 4.81. The van der Waals surface area contributed by atoms with E-state index in [1.165, 1.54) is 0 Å². The van der Waals surface area contributed by atoms with Crippen LogP contribution in [0.25, 0.3) is 0 Å². The van der Waals surface area contributed by atoms with E-state index in [1.54, 1.807) is 0 Å². The fraction of sp³-hybridized carbons (Fsp3) is 0.455. The molecule has 0 saturated heterocycles. The third-order valence-electron chi connectivity index (χ3n) is 2.11. The molecule has 0 spiro atoms. The molecule has 1 rings (SSSR count). The van der Waals surface area contributed by atoms with Crippen molar-refractivity contribution in [1.82, 2.24) is 0 Å². The number of quaternary nitrogens is 1. The van der Waals surface area contributed by atoms with Crippen LogP contribution in [0, 0.1) is 13.8 Å². The van der Waals surface area contributed by atoms with Crippen molar-refractivity contribution in [2.45, 2.75) is 20.0 Å². The van der Waals surface area contributed by atoms with Gasteiger partial charge in [-0.25, -0.2) is 0 Å². The highest BCUT2D eigenvalue weighted by atomic mass is 16.5. The van der Waals surface area contributed by atoms with Gasteiger partial charge in [0, 0.05) is 0 Å². The van der Waals surface area contributed by atoms with E-state index >= 15 is 0 Å². The average Bonchev–Trinajstić information content (AvgIpc) is 2.19. The van der Waals surface area contributed by atoms with Crippen LogP contribution in [0.2, 0.25) is 0 Å². The van der Waals surface area contributed by atoms with Gasteiger partial charge >= 0.3 is 0 Å². The van der Waals surface area contributed by atoms with Crippen LogP contribution in [-0.2, 0) is 0 Å². The van der Waals surface area contributed by atoms with Gasteiger partial charge in [0.1, 0.15) is 25.0 Å². The van der Waals surface area contributed by atoms with E-state index in [1.807, 2.05) is 32.0 Å². The molecule has 1 aromatic carbocycles. The van der Waals surface area contributed by atoms with Gasteiger partial charge in [-0.3, -0.25) is 0 Å². The van der Waals surface area contributed by atoms with E-state index in [9.17, 15) is 5.11 Å². The number of aliphatic hydroxyl groups is 1. The highest BCUT2D eigenvalue weighted by Crippen LogP contribution is 2.18. The van der Waals surface area contributed by atoms with Crippen molar-refractivity contribution in [3.8, 4) is 5.75 Å². The van der Waals surface area contributed by atoms with E-state index in [0.29, 0.717) is 13.2 Å². The highest BCUT2D eigenvalue weighted by molar-refractivity contribution is 5.35. The van der Waals surface area contributed by atoms with Crippen LogP contribution in [0.3, 0.4) is 0 Å². The first kappa shape index (κ1) is 11.0. The zero-order chi connectivity index (χ0) is 10.6. The first-order valence-corrected chi connectivity index (χ1v) is 4.81. The maximum Gasteiger partial charge on any atom is 0.136 e. The molecule has 1 atom stereocenters. The van der Waals surface area contributed by atoms with Gasteiger partial charge in [0.25, 0.3) is 0 Å². The van der Waals surface area contributed by atoms with Crippen LogP contribution in [-0.4, -0.2) is 24.4 Å². The van der Waals surface area contributed by atoms with Gasteiger partial charge in [-0.2, -0.15) is 0 Å². The van der Waals surface area contributed by atoms with Crippen molar-refractivity contribution >= 4 is 0 Å². The number of aryl methyl sites for hydroxylation is 2. The molecule has 4 N–H and O–H groups in total. The van der Waals surface area contributed by atoms with E-state index in [2.05, 4.69) is 5.73 Å².